The molecule has 0 saturated carbocycles. The van der Waals surface area contributed by atoms with Gasteiger partial charge in [-0.05, 0) is 66.7 Å². The molecule has 0 radical (unpaired) electrons. The molecule has 0 heterocycles. The molecule has 0 N–H and O–H groups in total. The van der Waals surface area contributed by atoms with E-state index in [1.807, 2.05) is 0 Å². The molecule has 0 aromatic heterocycles. The molecule has 0 aliphatic rings. The van der Waals surface area contributed by atoms with Gasteiger partial charge in [-0.3, -0.25) is 4.79 Å². The van der Waals surface area contributed by atoms with Crippen LogP contribution in [-0.2, 0) is 6.61 Å². The van der Waals surface area contributed by atoms with Crippen LogP contribution in [0.2, 0.25) is 0 Å². The first kappa shape index (κ1) is 17.6. The van der Waals surface area contributed by atoms with E-state index in [0.717, 1.165) is 0 Å². The second-order valence-corrected chi connectivity index (χ2v) is 5.61. The van der Waals surface area contributed by atoms with Crippen molar-refractivity contribution >= 4 is 5.78 Å². The van der Waals surface area contributed by atoms with Crippen molar-refractivity contribution in [3.8, 4) is 11.5 Å². The topological polar surface area (TPSA) is 35.5 Å². The fourth-order valence-electron chi connectivity index (χ4n) is 2.49. The largest absolute Gasteiger partial charge is 0.496 e. The Hall–Kier alpha value is -3.21. The van der Waals surface area contributed by atoms with Gasteiger partial charge in [0.25, 0.3) is 0 Å². The van der Waals surface area contributed by atoms with Gasteiger partial charge in [0.05, 0.1) is 7.11 Å². The SMILES string of the molecule is COc1ccc(F)cc1COc1ccc(C(=O)c2ccc(F)cc2)cc1. The quantitative estimate of drug-likeness (QED) is 0.598. The maximum atomic E-state index is 13.4. The Morgan fingerprint density at radius 2 is 1.42 bits per heavy atom. The van der Waals surface area contributed by atoms with E-state index in [9.17, 15) is 13.6 Å². The van der Waals surface area contributed by atoms with Gasteiger partial charge in [0.2, 0.25) is 0 Å². The summed E-state index contributed by atoms with van der Waals surface area (Å²) in [6.45, 7) is 0.131. The number of ether oxygens (including phenoxy) is 2. The molecule has 0 spiro atoms. The van der Waals surface area contributed by atoms with Crippen LogP contribution < -0.4 is 9.47 Å². The molecule has 0 aliphatic heterocycles. The van der Waals surface area contributed by atoms with E-state index >= 15 is 0 Å². The molecule has 3 nitrogen and oxygen atoms in total. The molecule has 5 heteroatoms. The van der Waals surface area contributed by atoms with Crippen molar-refractivity contribution in [3.05, 3.63) is 95.1 Å². The summed E-state index contributed by atoms with van der Waals surface area (Å²) in [5.74, 6) is 0.104. The lowest BCUT2D eigenvalue weighted by Crippen LogP contribution is -2.02. The predicted molar refractivity (Wildman–Crippen MR) is 93.6 cm³/mol. The fourth-order valence-corrected chi connectivity index (χ4v) is 2.49. The van der Waals surface area contributed by atoms with Crippen molar-refractivity contribution in [2.75, 3.05) is 7.11 Å². The number of ketones is 1. The Labute approximate surface area is 149 Å². The monoisotopic (exact) mass is 354 g/mol. The normalized spacial score (nSPS) is 10.4. The molecule has 0 aliphatic carbocycles. The first-order valence-corrected chi connectivity index (χ1v) is 7.92. The van der Waals surface area contributed by atoms with Crippen molar-refractivity contribution in [3.63, 3.8) is 0 Å². The number of benzene rings is 3. The average molecular weight is 354 g/mol. The lowest BCUT2D eigenvalue weighted by Gasteiger charge is -2.11. The molecule has 0 fully saturated rings. The van der Waals surface area contributed by atoms with Crippen molar-refractivity contribution in [1.29, 1.82) is 0 Å². The number of halogens is 2. The van der Waals surface area contributed by atoms with Crippen molar-refractivity contribution in [2.24, 2.45) is 0 Å². The average Bonchev–Trinajstić information content (AvgIpc) is 2.67. The Bertz CT molecular complexity index is 904. The van der Waals surface area contributed by atoms with Crippen molar-refractivity contribution < 1.29 is 23.0 Å². The predicted octanol–water partition coefficient (Wildman–Crippen LogP) is 4.78. The summed E-state index contributed by atoms with van der Waals surface area (Å²) < 4.78 is 37.1. The molecule has 26 heavy (non-hydrogen) atoms. The number of carbonyl (C=O) groups excluding carboxylic acids is 1. The molecule has 0 bridgehead atoms. The first-order valence-electron chi connectivity index (χ1n) is 7.92. The van der Waals surface area contributed by atoms with Crippen LogP contribution in [0, 0.1) is 11.6 Å². The fraction of sp³-hybridized carbons (Fsp3) is 0.0952. The van der Waals surface area contributed by atoms with E-state index < -0.39 is 5.82 Å². The van der Waals surface area contributed by atoms with Crippen molar-refractivity contribution in [2.45, 2.75) is 6.61 Å². The highest BCUT2D eigenvalue weighted by Gasteiger charge is 2.10. The minimum Gasteiger partial charge on any atom is -0.496 e. The Morgan fingerprint density at radius 1 is 0.846 bits per heavy atom. The van der Waals surface area contributed by atoms with Crippen LogP contribution in [0.15, 0.2) is 66.7 Å². The van der Waals surface area contributed by atoms with E-state index in [0.29, 0.717) is 28.2 Å². The standard InChI is InChI=1S/C21H16F2O3/c1-25-20-11-8-18(23)12-16(20)13-26-19-9-4-15(5-10-19)21(24)14-2-6-17(22)7-3-14/h2-12H,13H2,1H3. The molecular formula is C21H16F2O3. The van der Waals surface area contributed by atoms with E-state index in [2.05, 4.69) is 0 Å². The zero-order chi connectivity index (χ0) is 18.5. The minimum absolute atomic E-state index is 0.131. The highest BCUT2D eigenvalue weighted by Crippen LogP contribution is 2.22. The lowest BCUT2D eigenvalue weighted by molar-refractivity contribution is 0.103. The Balaban J connectivity index is 1.69. The van der Waals surface area contributed by atoms with Crippen LogP contribution in [0.3, 0.4) is 0 Å². The first-order chi connectivity index (χ1) is 12.6. The van der Waals surface area contributed by atoms with Gasteiger partial charge in [-0.2, -0.15) is 0 Å². The van der Waals surface area contributed by atoms with Gasteiger partial charge in [0.15, 0.2) is 5.78 Å². The van der Waals surface area contributed by atoms with Crippen LogP contribution in [0.1, 0.15) is 21.5 Å². The van der Waals surface area contributed by atoms with Crippen LogP contribution in [-0.4, -0.2) is 12.9 Å². The molecule has 132 valence electrons. The summed E-state index contributed by atoms with van der Waals surface area (Å²) in [5.41, 5.74) is 1.45. The van der Waals surface area contributed by atoms with Gasteiger partial charge in [0, 0.05) is 16.7 Å². The van der Waals surface area contributed by atoms with Gasteiger partial charge in [-0.15, -0.1) is 0 Å². The summed E-state index contributed by atoms with van der Waals surface area (Å²) in [6, 6.07) is 16.2. The third-order valence-corrected chi connectivity index (χ3v) is 3.86. The molecule has 0 amide bonds. The van der Waals surface area contributed by atoms with E-state index in [1.165, 1.54) is 43.5 Å². The second kappa shape index (κ2) is 7.78. The number of carbonyl (C=O) groups is 1. The Kier molecular flexibility index (Phi) is 5.27. The molecule has 0 unspecified atom stereocenters. The smallest absolute Gasteiger partial charge is 0.193 e. The summed E-state index contributed by atoms with van der Waals surface area (Å²) in [6.07, 6.45) is 0. The second-order valence-electron chi connectivity index (χ2n) is 5.61. The van der Waals surface area contributed by atoms with Crippen LogP contribution in [0.25, 0.3) is 0 Å². The number of hydrogen-bond donors (Lipinski definition) is 0. The number of rotatable bonds is 6. The maximum Gasteiger partial charge on any atom is 0.193 e. The van der Waals surface area contributed by atoms with Crippen LogP contribution in [0.5, 0.6) is 11.5 Å². The van der Waals surface area contributed by atoms with Crippen LogP contribution in [0.4, 0.5) is 8.78 Å². The molecule has 3 aromatic rings. The maximum absolute atomic E-state index is 13.4. The molecule has 0 saturated heterocycles. The number of hydrogen-bond acceptors (Lipinski definition) is 3. The highest BCUT2D eigenvalue weighted by atomic mass is 19.1. The molecule has 3 aromatic carbocycles. The van der Waals surface area contributed by atoms with Gasteiger partial charge in [0.1, 0.15) is 29.7 Å². The molecular weight excluding hydrogens is 338 g/mol. The van der Waals surface area contributed by atoms with Gasteiger partial charge in [-0.25, -0.2) is 8.78 Å². The summed E-state index contributed by atoms with van der Waals surface area (Å²) in [5, 5.41) is 0. The zero-order valence-corrected chi connectivity index (χ0v) is 14.0. The molecule has 0 atom stereocenters. The minimum atomic E-state index is -0.391. The van der Waals surface area contributed by atoms with E-state index in [4.69, 9.17) is 9.47 Å². The highest BCUT2D eigenvalue weighted by molar-refractivity contribution is 6.08. The van der Waals surface area contributed by atoms with Gasteiger partial charge in [-0.1, -0.05) is 0 Å². The zero-order valence-electron chi connectivity index (χ0n) is 14.0. The summed E-state index contributed by atoms with van der Waals surface area (Å²) >= 11 is 0. The van der Waals surface area contributed by atoms with Gasteiger partial charge < -0.3 is 9.47 Å². The summed E-state index contributed by atoms with van der Waals surface area (Å²) in [7, 11) is 1.51. The third kappa shape index (κ3) is 4.06. The summed E-state index contributed by atoms with van der Waals surface area (Å²) in [4.78, 5) is 12.3. The van der Waals surface area contributed by atoms with Crippen LogP contribution >= 0.6 is 0 Å². The van der Waals surface area contributed by atoms with E-state index in [-0.39, 0.29) is 18.2 Å². The Morgan fingerprint density at radius 3 is 2.04 bits per heavy atom. The number of methoxy groups -OCH3 is 1. The van der Waals surface area contributed by atoms with Crippen molar-refractivity contribution in [1.82, 2.24) is 0 Å². The van der Waals surface area contributed by atoms with E-state index in [1.54, 1.807) is 30.3 Å². The lowest BCUT2D eigenvalue weighted by atomic mass is 10.0. The molecule has 3 rings (SSSR count). The third-order valence-electron chi connectivity index (χ3n) is 3.86. The van der Waals surface area contributed by atoms with Gasteiger partial charge >= 0.3 is 0 Å².